The van der Waals surface area contributed by atoms with E-state index in [0.29, 0.717) is 47.0 Å². The highest BCUT2D eigenvalue weighted by molar-refractivity contribution is 5.93. The monoisotopic (exact) mass is 522 g/mol. The van der Waals surface area contributed by atoms with Gasteiger partial charge >= 0.3 is 5.97 Å². The molecule has 1 aromatic rings. The summed E-state index contributed by atoms with van der Waals surface area (Å²) in [4.78, 5) is 12.2. The molecule has 4 heteroatoms. The number of carbonyl (C=O) groups excluding carboxylic acids is 1. The summed E-state index contributed by atoms with van der Waals surface area (Å²) in [7, 11) is 1.43. The molecule has 0 bridgehead atoms. The number of rotatable bonds is 6. The minimum absolute atomic E-state index is 0.191. The Kier molecular flexibility index (Phi) is 7.88. The molecule has 4 fully saturated rings. The molecule has 5 rings (SSSR count). The number of carbonyl (C=O) groups is 1. The van der Waals surface area contributed by atoms with Crippen molar-refractivity contribution in [2.75, 3.05) is 7.11 Å². The molecule has 0 spiro atoms. The minimum Gasteiger partial charge on any atom is -0.465 e. The third-order valence-corrected chi connectivity index (χ3v) is 12.3. The SMILES string of the molecule is CC[C@H]1[C@@H](O)C2[C@@H]3CC[C@H]([C@H](C)C/C=C/c4ccccc4C(=O)OC)C3(C)CC[C@@H]2[C@@]2(C)CC[C@@H](O)C[C@@H]12. The van der Waals surface area contributed by atoms with E-state index in [-0.39, 0.29) is 29.0 Å². The number of hydrogen-bond acceptors (Lipinski definition) is 4. The lowest BCUT2D eigenvalue weighted by atomic mass is 9.41. The second-order valence-electron chi connectivity index (χ2n) is 13.8. The second kappa shape index (κ2) is 10.7. The number of allylic oxidation sites excluding steroid dienone is 1. The first kappa shape index (κ1) is 27.9. The van der Waals surface area contributed by atoms with Gasteiger partial charge in [-0.1, -0.05) is 64.5 Å². The molecule has 4 saturated carbocycles. The van der Waals surface area contributed by atoms with Crippen LogP contribution in [0.3, 0.4) is 0 Å². The van der Waals surface area contributed by atoms with Gasteiger partial charge in [-0.15, -0.1) is 0 Å². The zero-order chi connectivity index (χ0) is 27.2. The number of hydrogen-bond donors (Lipinski definition) is 2. The van der Waals surface area contributed by atoms with Crippen LogP contribution in [0.5, 0.6) is 0 Å². The molecule has 4 nitrogen and oxygen atoms in total. The summed E-state index contributed by atoms with van der Waals surface area (Å²) in [6.07, 6.45) is 13.8. The highest BCUT2D eigenvalue weighted by Crippen LogP contribution is 2.69. The fourth-order valence-electron chi connectivity index (χ4n) is 10.4. The van der Waals surface area contributed by atoms with Crippen LogP contribution in [0.2, 0.25) is 0 Å². The Bertz CT molecular complexity index is 1030. The molecular formula is C34H50O4. The lowest BCUT2D eigenvalue weighted by molar-refractivity contribution is -0.203. The summed E-state index contributed by atoms with van der Waals surface area (Å²) in [6, 6.07) is 7.65. The molecule has 4 aliphatic carbocycles. The van der Waals surface area contributed by atoms with E-state index in [4.69, 9.17) is 4.74 Å². The van der Waals surface area contributed by atoms with Crippen molar-refractivity contribution >= 4 is 12.0 Å². The van der Waals surface area contributed by atoms with Crippen molar-refractivity contribution in [2.24, 2.45) is 52.3 Å². The van der Waals surface area contributed by atoms with Crippen molar-refractivity contribution in [3.05, 3.63) is 41.5 Å². The Hall–Kier alpha value is -1.65. The van der Waals surface area contributed by atoms with Gasteiger partial charge in [0.1, 0.15) is 0 Å². The predicted molar refractivity (Wildman–Crippen MR) is 152 cm³/mol. The van der Waals surface area contributed by atoms with Crippen molar-refractivity contribution in [3.8, 4) is 0 Å². The molecule has 0 heterocycles. The fourth-order valence-corrected chi connectivity index (χ4v) is 10.4. The summed E-state index contributed by atoms with van der Waals surface area (Å²) >= 11 is 0. The maximum Gasteiger partial charge on any atom is 0.338 e. The smallest absolute Gasteiger partial charge is 0.338 e. The van der Waals surface area contributed by atoms with Crippen LogP contribution >= 0.6 is 0 Å². The van der Waals surface area contributed by atoms with Gasteiger partial charge in [0.05, 0.1) is 24.9 Å². The maximum atomic E-state index is 12.2. The number of esters is 1. The van der Waals surface area contributed by atoms with E-state index in [2.05, 4.69) is 39.8 Å². The minimum atomic E-state index is -0.291. The molecule has 1 aromatic carbocycles. The summed E-state index contributed by atoms with van der Waals surface area (Å²) in [6.45, 7) is 9.73. The molecule has 2 N–H and O–H groups in total. The normalized spacial score (nSPS) is 43.2. The van der Waals surface area contributed by atoms with Gasteiger partial charge in [0, 0.05) is 0 Å². The first-order chi connectivity index (χ1) is 18.2. The molecule has 0 aromatic heterocycles. The van der Waals surface area contributed by atoms with Crippen molar-refractivity contribution in [3.63, 3.8) is 0 Å². The topological polar surface area (TPSA) is 66.8 Å². The highest BCUT2D eigenvalue weighted by Gasteiger charge is 2.64. The Morgan fingerprint density at radius 3 is 2.50 bits per heavy atom. The summed E-state index contributed by atoms with van der Waals surface area (Å²) in [5.41, 5.74) is 2.06. The number of methoxy groups -OCH3 is 1. The Morgan fingerprint density at radius 1 is 1.05 bits per heavy atom. The van der Waals surface area contributed by atoms with Crippen LogP contribution < -0.4 is 0 Å². The number of ether oxygens (including phenoxy) is 1. The van der Waals surface area contributed by atoms with E-state index in [1.165, 1.54) is 32.8 Å². The average Bonchev–Trinajstić information content (AvgIpc) is 3.27. The molecule has 38 heavy (non-hydrogen) atoms. The number of fused-ring (bicyclic) bond motifs is 5. The number of aliphatic hydroxyl groups excluding tert-OH is 2. The first-order valence-corrected chi connectivity index (χ1v) is 15.4. The zero-order valence-electron chi connectivity index (χ0n) is 24.2. The fraction of sp³-hybridized carbons (Fsp3) is 0.735. The van der Waals surface area contributed by atoms with E-state index in [0.717, 1.165) is 37.7 Å². The molecule has 0 amide bonds. The summed E-state index contributed by atoms with van der Waals surface area (Å²) in [5.74, 6) is 3.25. The van der Waals surface area contributed by atoms with Gasteiger partial charge in [0.15, 0.2) is 0 Å². The van der Waals surface area contributed by atoms with Gasteiger partial charge < -0.3 is 14.9 Å². The quantitative estimate of drug-likeness (QED) is 0.390. The molecule has 0 saturated heterocycles. The molecule has 210 valence electrons. The third-order valence-electron chi connectivity index (χ3n) is 12.3. The third kappa shape index (κ3) is 4.48. The van der Waals surface area contributed by atoms with Crippen molar-refractivity contribution < 1.29 is 19.7 Å². The van der Waals surface area contributed by atoms with Crippen molar-refractivity contribution in [1.82, 2.24) is 0 Å². The number of aliphatic hydroxyl groups is 2. The van der Waals surface area contributed by atoms with Crippen LogP contribution in [0.4, 0.5) is 0 Å². The zero-order valence-corrected chi connectivity index (χ0v) is 24.2. The van der Waals surface area contributed by atoms with Gasteiger partial charge in [0.2, 0.25) is 0 Å². The standard InChI is InChI=1S/C34H50O4/c1-6-24-29-20-23(35)16-18-34(29,4)28-17-19-33(3)26(14-15-27(33)30(28)31(24)36)21(2)10-9-12-22-11-7-8-13-25(22)32(37)38-5/h7-9,11-13,21,23-24,26-31,35-36H,6,10,14-20H2,1-5H3/b12-9+/t21-,23-,24-,26-,27+,28+,29+,30?,31-,33?,34-/m1/s1. The van der Waals surface area contributed by atoms with Crippen LogP contribution in [-0.2, 0) is 4.74 Å². The molecule has 2 unspecified atom stereocenters. The lowest BCUT2D eigenvalue weighted by Gasteiger charge is -2.64. The van der Waals surface area contributed by atoms with Gasteiger partial charge in [0.25, 0.3) is 0 Å². The Balaban J connectivity index is 1.33. The largest absolute Gasteiger partial charge is 0.465 e. The van der Waals surface area contributed by atoms with Crippen LogP contribution in [-0.4, -0.2) is 35.5 Å². The lowest BCUT2D eigenvalue weighted by Crippen LogP contribution is -2.62. The first-order valence-electron chi connectivity index (χ1n) is 15.4. The highest BCUT2D eigenvalue weighted by atomic mass is 16.5. The van der Waals surface area contributed by atoms with E-state index in [9.17, 15) is 15.0 Å². The van der Waals surface area contributed by atoms with Gasteiger partial charge in [-0.3, -0.25) is 0 Å². The van der Waals surface area contributed by atoms with Crippen molar-refractivity contribution in [2.45, 2.75) is 97.7 Å². The van der Waals surface area contributed by atoms with E-state index < -0.39 is 0 Å². The van der Waals surface area contributed by atoms with Crippen LogP contribution in [0.15, 0.2) is 30.3 Å². The Morgan fingerprint density at radius 2 is 1.76 bits per heavy atom. The summed E-state index contributed by atoms with van der Waals surface area (Å²) < 4.78 is 4.97. The van der Waals surface area contributed by atoms with E-state index in [1.54, 1.807) is 0 Å². The molecular weight excluding hydrogens is 472 g/mol. The summed E-state index contributed by atoms with van der Waals surface area (Å²) in [5, 5.41) is 22.5. The molecule has 0 radical (unpaired) electrons. The van der Waals surface area contributed by atoms with E-state index in [1.807, 2.05) is 24.3 Å². The maximum absolute atomic E-state index is 12.2. The van der Waals surface area contributed by atoms with Gasteiger partial charge in [-0.2, -0.15) is 0 Å². The van der Waals surface area contributed by atoms with Crippen LogP contribution in [0.1, 0.15) is 101 Å². The molecule has 4 aliphatic rings. The number of benzene rings is 1. The Labute approximate surface area is 230 Å². The average molecular weight is 523 g/mol. The van der Waals surface area contributed by atoms with Gasteiger partial charge in [-0.05, 0) is 115 Å². The van der Waals surface area contributed by atoms with Crippen LogP contribution in [0.25, 0.3) is 6.08 Å². The van der Waals surface area contributed by atoms with Gasteiger partial charge in [-0.25, -0.2) is 4.79 Å². The molecule has 0 aliphatic heterocycles. The van der Waals surface area contributed by atoms with Crippen molar-refractivity contribution in [1.29, 1.82) is 0 Å². The van der Waals surface area contributed by atoms with Crippen LogP contribution in [0, 0.1) is 52.3 Å². The van der Waals surface area contributed by atoms with E-state index >= 15 is 0 Å². The predicted octanol–water partition coefficient (Wildman–Crippen LogP) is 7.14. The molecule has 11 atom stereocenters. The second-order valence-corrected chi connectivity index (χ2v) is 13.8.